The van der Waals surface area contributed by atoms with Crippen LogP contribution in [0.4, 0.5) is 5.82 Å². The minimum absolute atomic E-state index is 0.395. The van der Waals surface area contributed by atoms with Crippen LogP contribution in [0.2, 0.25) is 5.15 Å². The summed E-state index contributed by atoms with van der Waals surface area (Å²) in [6, 6.07) is 1.74. The molecule has 1 aromatic heterocycles. The van der Waals surface area contributed by atoms with Crippen LogP contribution < -0.4 is 5.43 Å². The van der Waals surface area contributed by atoms with Crippen molar-refractivity contribution >= 4 is 17.4 Å². The molecule has 1 saturated heterocycles. The first-order chi connectivity index (χ1) is 8.78. The van der Waals surface area contributed by atoms with E-state index in [1.54, 1.807) is 6.07 Å². The average Bonchev–Trinajstić information content (AvgIpc) is 2.37. The number of aromatic nitrogens is 2. The Bertz CT molecular complexity index is 382. The molecular weight excluding hydrogens is 252 g/mol. The number of halogens is 1. The number of hydrogen-bond acceptors (Lipinski definition) is 5. The molecule has 0 bridgehead atoms. The van der Waals surface area contributed by atoms with E-state index in [1.807, 2.05) is 6.92 Å². The van der Waals surface area contributed by atoms with Gasteiger partial charge < -0.3 is 10.2 Å². The van der Waals surface area contributed by atoms with E-state index in [-0.39, 0.29) is 0 Å². The first kappa shape index (κ1) is 13.5. The number of anilines is 1. The van der Waals surface area contributed by atoms with Gasteiger partial charge in [-0.1, -0.05) is 18.0 Å². The van der Waals surface area contributed by atoms with Crippen molar-refractivity contribution in [3.8, 4) is 0 Å². The second-order valence-electron chi connectivity index (χ2n) is 4.29. The average molecular weight is 271 g/mol. The molecule has 2 rings (SSSR count). The molecule has 1 aliphatic rings. The van der Waals surface area contributed by atoms with Crippen LogP contribution in [0.25, 0.3) is 0 Å². The van der Waals surface area contributed by atoms with Crippen LogP contribution in [-0.4, -0.2) is 34.7 Å². The number of piperidine rings is 1. The molecule has 100 valence electrons. The van der Waals surface area contributed by atoms with Crippen molar-refractivity contribution in [3.05, 3.63) is 17.0 Å². The van der Waals surface area contributed by atoms with Crippen molar-refractivity contribution < 1.29 is 4.74 Å². The molecular formula is C12H19ClN4O. The van der Waals surface area contributed by atoms with Crippen molar-refractivity contribution in [3.63, 3.8) is 0 Å². The third kappa shape index (κ3) is 4.08. The third-order valence-corrected chi connectivity index (χ3v) is 3.00. The number of rotatable bonds is 5. The molecule has 0 aliphatic carbocycles. The predicted molar refractivity (Wildman–Crippen MR) is 71.4 cm³/mol. The molecule has 2 heterocycles. The van der Waals surface area contributed by atoms with Crippen molar-refractivity contribution in [1.29, 1.82) is 0 Å². The Morgan fingerprint density at radius 3 is 2.83 bits per heavy atom. The predicted octanol–water partition coefficient (Wildman–Crippen LogP) is 2.48. The maximum absolute atomic E-state index is 5.98. The Balaban J connectivity index is 1.99. The second kappa shape index (κ2) is 6.87. The minimum atomic E-state index is 0.395. The molecule has 0 amide bonds. The highest BCUT2D eigenvalue weighted by Crippen LogP contribution is 2.15. The molecule has 6 heteroatoms. The topological polar surface area (TPSA) is 50.3 Å². The molecule has 0 saturated carbocycles. The van der Waals surface area contributed by atoms with Gasteiger partial charge in [-0.25, -0.2) is 15.0 Å². The lowest BCUT2D eigenvalue weighted by Gasteiger charge is -2.27. The molecule has 0 unspecified atom stereocenters. The molecule has 1 aliphatic heterocycles. The largest absolute Gasteiger partial charge is 0.374 e. The number of hydrazine groups is 1. The zero-order valence-electron chi connectivity index (χ0n) is 10.7. The molecule has 5 nitrogen and oxygen atoms in total. The van der Waals surface area contributed by atoms with E-state index >= 15 is 0 Å². The molecule has 1 fully saturated rings. The van der Waals surface area contributed by atoms with Gasteiger partial charge in [-0.05, 0) is 19.8 Å². The van der Waals surface area contributed by atoms with Gasteiger partial charge in [0, 0.05) is 25.8 Å². The molecule has 0 atom stereocenters. The summed E-state index contributed by atoms with van der Waals surface area (Å²) in [5.41, 5.74) is 3.28. The third-order valence-electron chi connectivity index (χ3n) is 2.81. The van der Waals surface area contributed by atoms with Crippen LogP contribution in [0.5, 0.6) is 0 Å². The lowest BCUT2D eigenvalue weighted by molar-refractivity contribution is 0.128. The van der Waals surface area contributed by atoms with Crippen LogP contribution in [0.15, 0.2) is 6.07 Å². The summed E-state index contributed by atoms with van der Waals surface area (Å²) < 4.78 is 5.29. The van der Waals surface area contributed by atoms with Gasteiger partial charge in [0.05, 0.1) is 0 Å². The highest BCUT2D eigenvalue weighted by molar-refractivity contribution is 6.29. The van der Waals surface area contributed by atoms with Gasteiger partial charge >= 0.3 is 0 Å². The van der Waals surface area contributed by atoms with Crippen molar-refractivity contribution in [2.24, 2.45) is 0 Å². The van der Waals surface area contributed by atoms with Crippen LogP contribution in [0, 0.1) is 0 Å². The van der Waals surface area contributed by atoms with E-state index in [2.05, 4.69) is 20.4 Å². The van der Waals surface area contributed by atoms with Gasteiger partial charge in [0.1, 0.15) is 17.6 Å². The summed E-state index contributed by atoms with van der Waals surface area (Å²) in [6.45, 7) is 5.07. The Labute approximate surface area is 112 Å². The second-order valence-corrected chi connectivity index (χ2v) is 4.68. The molecule has 1 N–H and O–H groups in total. The van der Waals surface area contributed by atoms with Crippen molar-refractivity contribution in [2.75, 3.05) is 25.1 Å². The molecule has 18 heavy (non-hydrogen) atoms. The van der Waals surface area contributed by atoms with Gasteiger partial charge in [-0.3, -0.25) is 0 Å². The SMILES string of the molecule is CCOCc1nc(Cl)cc(NN2CCCCC2)n1. The maximum Gasteiger partial charge on any atom is 0.158 e. The quantitative estimate of drug-likeness (QED) is 0.833. The lowest BCUT2D eigenvalue weighted by atomic mass is 10.2. The van der Waals surface area contributed by atoms with Crippen molar-refractivity contribution in [2.45, 2.75) is 32.8 Å². The van der Waals surface area contributed by atoms with Crippen LogP contribution in [0.1, 0.15) is 32.0 Å². The lowest BCUT2D eigenvalue weighted by Crippen LogP contribution is -2.35. The standard InChI is InChI=1S/C12H19ClN4O/c1-2-18-9-12-14-10(13)8-11(15-12)16-17-6-4-3-5-7-17/h8H,2-7,9H2,1H3,(H,14,15,16). The van der Waals surface area contributed by atoms with E-state index in [4.69, 9.17) is 16.3 Å². The summed E-state index contributed by atoms with van der Waals surface area (Å²) in [7, 11) is 0. The number of nitrogens with one attached hydrogen (secondary N) is 1. The zero-order valence-corrected chi connectivity index (χ0v) is 11.4. The molecule has 0 aromatic carbocycles. The van der Waals surface area contributed by atoms with Gasteiger partial charge in [0.25, 0.3) is 0 Å². The fourth-order valence-corrected chi connectivity index (χ4v) is 2.15. The van der Waals surface area contributed by atoms with Gasteiger partial charge in [-0.2, -0.15) is 0 Å². The van der Waals surface area contributed by atoms with Crippen LogP contribution in [0.3, 0.4) is 0 Å². The Morgan fingerprint density at radius 1 is 1.33 bits per heavy atom. The summed E-state index contributed by atoms with van der Waals surface area (Å²) in [4.78, 5) is 8.53. The van der Waals surface area contributed by atoms with Gasteiger partial charge in [0.2, 0.25) is 0 Å². The summed E-state index contributed by atoms with van der Waals surface area (Å²) in [5.74, 6) is 1.36. The van der Waals surface area contributed by atoms with Gasteiger partial charge in [-0.15, -0.1) is 0 Å². The first-order valence-electron chi connectivity index (χ1n) is 6.40. The Hall–Kier alpha value is -0.910. The zero-order chi connectivity index (χ0) is 12.8. The minimum Gasteiger partial charge on any atom is -0.374 e. The van der Waals surface area contributed by atoms with Crippen LogP contribution in [-0.2, 0) is 11.3 Å². The summed E-state index contributed by atoms with van der Waals surface area (Å²) >= 11 is 5.98. The highest BCUT2D eigenvalue weighted by atomic mass is 35.5. The normalized spacial score (nSPS) is 16.8. The molecule has 1 aromatic rings. The molecule has 0 spiro atoms. The summed E-state index contributed by atoms with van der Waals surface area (Å²) in [5, 5.41) is 2.62. The monoisotopic (exact) mass is 270 g/mol. The van der Waals surface area contributed by atoms with E-state index in [0.29, 0.717) is 24.2 Å². The van der Waals surface area contributed by atoms with Crippen molar-refractivity contribution in [1.82, 2.24) is 15.0 Å². The van der Waals surface area contributed by atoms with Crippen LogP contribution >= 0.6 is 11.6 Å². The van der Waals surface area contributed by atoms with E-state index in [0.717, 1.165) is 18.9 Å². The van der Waals surface area contributed by atoms with E-state index in [1.165, 1.54) is 19.3 Å². The Morgan fingerprint density at radius 2 is 2.11 bits per heavy atom. The number of hydrogen-bond donors (Lipinski definition) is 1. The van der Waals surface area contributed by atoms with E-state index in [9.17, 15) is 0 Å². The fourth-order valence-electron chi connectivity index (χ4n) is 1.95. The first-order valence-corrected chi connectivity index (χ1v) is 6.78. The summed E-state index contributed by atoms with van der Waals surface area (Å²) in [6.07, 6.45) is 3.74. The highest BCUT2D eigenvalue weighted by Gasteiger charge is 2.11. The van der Waals surface area contributed by atoms with E-state index < -0.39 is 0 Å². The Kier molecular flexibility index (Phi) is 5.16. The molecule has 0 radical (unpaired) electrons. The number of ether oxygens (including phenoxy) is 1. The number of nitrogens with zero attached hydrogens (tertiary/aromatic N) is 3. The maximum atomic E-state index is 5.98. The fraction of sp³-hybridized carbons (Fsp3) is 0.667. The smallest absolute Gasteiger partial charge is 0.158 e. The van der Waals surface area contributed by atoms with Gasteiger partial charge in [0.15, 0.2) is 5.82 Å².